The molecule has 132 valence electrons. The Bertz CT molecular complexity index is 752. The van der Waals surface area contributed by atoms with Gasteiger partial charge in [-0.1, -0.05) is 23.7 Å². The highest BCUT2D eigenvalue weighted by molar-refractivity contribution is 6.30. The molecule has 1 heterocycles. The van der Waals surface area contributed by atoms with E-state index in [0.29, 0.717) is 5.02 Å². The number of amides is 1. The lowest BCUT2D eigenvalue weighted by molar-refractivity contribution is -0.117. The topological polar surface area (TPSA) is 41.6 Å². The third-order valence-corrected chi connectivity index (χ3v) is 4.65. The summed E-state index contributed by atoms with van der Waals surface area (Å²) in [6.45, 7) is 1.05. The first-order valence-corrected chi connectivity index (χ1v) is 8.57. The van der Waals surface area contributed by atoms with Crippen LogP contribution in [0.25, 0.3) is 0 Å². The molecular formula is C19H20ClFN2O2. The molecule has 1 atom stereocenters. The number of nitrogens with zero attached hydrogens (tertiary/aromatic N) is 1. The zero-order valence-electron chi connectivity index (χ0n) is 14.0. The van der Waals surface area contributed by atoms with Crippen molar-refractivity contribution in [2.75, 3.05) is 25.5 Å². The molecule has 1 N–H and O–H groups in total. The smallest absolute Gasteiger partial charge is 0.238 e. The van der Waals surface area contributed by atoms with E-state index in [0.717, 1.165) is 30.7 Å². The van der Waals surface area contributed by atoms with Gasteiger partial charge in [-0.15, -0.1) is 0 Å². The van der Waals surface area contributed by atoms with Gasteiger partial charge in [0.2, 0.25) is 5.91 Å². The molecule has 1 fully saturated rings. The number of nitrogens with one attached hydrogen (secondary N) is 1. The molecular weight excluding hydrogens is 343 g/mol. The highest BCUT2D eigenvalue weighted by atomic mass is 35.5. The van der Waals surface area contributed by atoms with Crippen LogP contribution in [0.3, 0.4) is 0 Å². The van der Waals surface area contributed by atoms with Crippen LogP contribution in [-0.4, -0.2) is 31.0 Å². The molecule has 1 aliphatic heterocycles. The summed E-state index contributed by atoms with van der Waals surface area (Å²) in [5, 5.41) is 2.99. The summed E-state index contributed by atoms with van der Waals surface area (Å²) < 4.78 is 18.9. The zero-order valence-corrected chi connectivity index (χ0v) is 14.7. The maximum Gasteiger partial charge on any atom is 0.238 e. The van der Waals surface area contributed by atoms with Crippen molar-refractivity contribution in [1.82, 2.24) is 4.90 Å². The van der Waals surface area contributed by atoms with Crippen molar-refractivity contribution in [2.45, 2.75) is 18.9 Å². The lowest BCUT2D eigenvalue weighted by atomic mass is 10.0. The summed E-state index contributed by atoms with van der Waals surface area (Å²) in [6, 6.07) is 12.2. The Hall–Kier alpha value is -2.11. The number of benzene rings is 2. The number of rotatable bonds is 5. The average molecular weight is 363 g/mol. The molecule has 6 heteroatoms. The Morgan fingerprint density at radius 3 is 2.80 bits per heavy atom. The number of ether oxygens (including phenoxy) is 1. The van der Waals surface area contributed by atoms with Gasteiger partial charge in [-0.05, 0) is 55.3 Å². The van der Waals surface area contributed by atoms with E-state index in [9.17, 15) is 9.18 Å². The molecule has 2 aromatic rings. The minimum atomic E-state index is -0.495. The van der Waals surface area contributed by atoms with Crippen molar-refractivity contribution in [2.24, 2.45) is 0 Å². The molecule has 0 aromatic heterocycles. The number of likely N-dealkylation sites (tertiary alicyclic amines) is 1. The van der Waals surface area contributed by atoms with E-state index in [1.807, 2.05) is 24.3 Å². The normalized spacial score (nSPS) is 17.5. The molecule has 4 nitrogen and oxygen atoms in total. The molecule has 3 rings (SSSR count). The number of methoxy groups -OCH3 is 1. The van der Waals surface area contributed by atoms with Gasteiger partial charge in [0.25, 0.3) is 0 Å². The van der Waals surface area contributed by atoms with Crippen LogP contribution >= 0.6 is 11.6 Å². The predicted octanol–water partition coefficient (Wildman–Crippen LogP) is 4.26. The van der Waals surface area contributed by atoms with Gasteiger partial charge in [-0.3, -0.25) is 9.69 Å². The second kappa shape index (κ2) is 7.85. The quantitative estimate of drug-likeness (QED) is 0.863. The first-order chi connectivity index (χ1) is 12.1. The Morgan fingerprint density at radius 1 is 1.32 bits per heavy atom. The summed E-state index contributed by atoms with van der Waals surface area (Å²) in [5.41, 5.74) is 1.26. The second-order valence-corrected chi connectivity index (χ2v) is 6.51. The largest absolute Gasteiger partial charge is 0.497 e. The monoisotopic (exact) mass is 362 g/mol. The lowest BCUT2D eigenvalue weighted by Gasteiger charge is -2.24. The zero-order chi connectivity index (χ0) is 17.8. The highest BCUT2D eigenvalue weighted by Gasteiger charge is 2.27. The SMILES string of the molecule is COc1ccc(C2CCCN2CC(=O)Nc2cc(Cl)ccc2F)cc1. The van der Waals surface area contributed by atoms with E-state index >= 15 is 0 Å². The summed E-state index contributed by atoms with van der Waals surface area (Å²) in [6.07, 6.45) is 2.01. The van der Waals surface area contributed by atoms with Crippen LogP contribution in [-0.2, 0) is 4.79 Å². The molecule has 0 saturated carbocycles. The predicted molar refractivity (Wildman–Crippen MR) is 96.6 cm³/mol. The van der Waals surface area contributed by atoms with Gasteiger partial charge in [0, 0.05) is 11.1 Å². The molecule has 1 amide bonds. The molecule has 0 aliphatic carbocycles. The summed E-state index contributed by atoms with van der Waals surface area (Å²) >= 11 is 5.86. The first kappa shape index (κ1) is 17.7. The minimum Gasteiger partial charge on any atom is -0.497 e. The number of hydrogen-bond donors (Lipinski definition) is 1. The highest BCUT2D eigenvalue weighted by Crippen LogP contribution is 2.32. The van der Waals surface area contributed by atoms with Gasteiger partial charge >= 0.3 is 0 Å². The standard InChI is InChI=1S/C19H20ClFN2O2/c1-25-15-7-4-13(5-8-15)18-3-2-10-23(18)12-19(24)22-17-11-14(20)6-9-16(17)21/h4-9,11,18H,2-3,10,12H2,1H3,(H,22,24). The van der Waals surface area contributed by atoms with Gasteiger partial charge in [-0.25, -0.2) is 4.39 Å². The van der Waals surface area contributed by atoms with E-state index < -0.39 is 5.82 Å². The number of carbonyl (C=O) groups excluding carboxylic acids is 1. The molecule has 0 radical (unpaired) electrons. The second-order valence-electron chi connectivity index (χ2n) is 6.07. The number of anilines is 1. The average Bonchev–Trinajstić information content (AvgIpc) is 3.06. The summed E-state index contributed by atoms with van der Waals surface area (Å²) in [5.74, 6) is 0.0647. The molecule has 1 saturated heterocycles. The first-order valence-electron chi connectivity index (χ1n) is 8.19. The fourth-order valence-electron chi connectivity index (χ4n) is 3.19. The van der Waals surface area contributed by atoms with E-state index in [4.69, 9.17) is 16.3 Å². The van der Waals surface area contributed by atoms with E-state index in [2.05, 4.69) is 10.2 Å². The number of carbonyl (C=O) groups is 1. The number of hydrogen-bond acceptors (Lipinski definition) is 3. The van der Waals surface area contributed by atoms with E-state index in [1.54, 1.807) is 7.11 Å². The minimum absolute atomic E-state index is 0.109. The molecule has 2 aromatic carbocycles. The van der Waals surface area contributed by atoms with E-state index in [1.165, 1.54) is 18.2 Å². The van der Waals surface area contributed by atoms with Crippen LogP contribution in [0.4, 0.5) is 10.1 Å². The van der Waals surface area contributed by atoms with Crippen molar-refractivity contribution in [3.8, 4) is 5.75 Å². The van der Waals surface area contributed by atoms with Crippen LogP contribution in [0.5, 0.6) is 5.75 Å². The Balaban J connectivity index is 1.66. The third kappa shape index (κ3) is 4.30. The van der Waals surface area contributed by atoms with Gasteiger partial charge in [0.05, 0.1) is 19.3 Å². The third-order valence-electron chi connectivity index (χ3n) is 4.41. The van der Waals surface area contributed by atoms with Gasteiger partial charge in [-0.2, -0.15) is 0 Å². The van der Waals surface area contributed by atoms with Crippen molar-refractivity contribution in [3.63, 3.8) is 0 Å². The number of halogens is 2. The Labute approximate surface area is 151 Å². The lowest BCUT2D eigenvalue weighted by Crippen LogP contribution is -2.33. The van der Waals surface area contributed by atoms with Crippen LogP contribution in [0, 0.1) is 5.82 Å². The Morgan fingerprint density at radius 2 is 2.08 bits per heavy atom. The van der Waals surface area contributed by atoms with Gasteiger partial charge in [0.1, 0.15) is 11.6 Å². The molecule has 25 heavy (non-hydrogen) atoms. The van der Waals surface area contributed by atoms with Gasteiger partial charge < -0.3 is 10.1 Å². The fourth-order valence-corrected chi connectivity index (χ4v) is 3.36. The molecule has 1 unspecified atom stereocenters. The molecule has 0 spiro atoms. The summed E-state index contributed by atoms with van der Waals surface area (Å²) in [4.78, 5) is 14.4. The van der Waals surface area contributed by atoms with Crippen LogP contribution in [0.15, 0.2) is 42.5 Å². The van der Waals surface area contributed by atoms with Crippen LogP contribution in [0.1, 0.15) is 24.4 Å². The van der Waals surface area contributed by atoms with Crippen molar-refractivity contribution in [1.29, 1.82) is 0 Å². The van der Waals surface area contributed by atoms with Crippen molar-refractivity contribution < 1.29 is 13.9 Å². The van der Waals surface area contributed by atoms with Gasteiger partial charge in [0.15, 0.2) is 0 Å². The van der Waals surface area contributed by atoms with E-state index in [-0.39, 0.29) is 24.2 Å². The van der Waals surface area contributed by atoms with Crippen LogP contribution in [0.2, 0.25) is 5.02 Å². The van der Waals surface area contributed by atoms with Crippen molar-refractivity contribution >= 4 is 23.2 Å². The molecule has 0 bridgehead atoms. The summed E-state index contributed by atoms with van der Waals surface area (Å²) in [7, 11) is 1.64. The van der Waals surface area contributed by atoms with Crippen molar-refractivity contribution in [3.05, 3.63) is 58.9 Å². The Kier molecular flexibility index (Phi) is 5.56. The molecule has 1 aliphatic rings. The van der Waals surface area contributed by atoms with Crippen LogP contribution < -0.4 is 10.1 Å². The fraction of sp³-hybridized carbons (Fsp3) is 0.316. The maximum atomic E-state index is 13.8. The maximum absolute atomic E-state index is 13.8.